The zero-order valence-corrected chi connectivity index (χ0v) is 30.5. The lowest BCUT2D eigenvalue weighted by molar-refractivity contribution is -0.142. The molecule has 11 heteroatoms. The topological polar surface area (TPSA) is 140 Å². The number of carbonyl (C=O) groups excluding carboxylic acids is 4. The van der Waals surface area contributed by atoms with Crippen LogP contribution in [0, 0.1) is 0 Å². The van der Waals surface area contributed by atoms with Crippen molar-refractivity contribution >= 4 is 68.2 Å². The van der Waals surface area contributed by atoms with Crippen LogP contribution in [0.15, 0.2) is 107 Å². The predicted octanol–water partition coefficient (Wildman–Crippen LogP) is 6.79. The minimum Gasteiger partial charge on any atom is -0.467 e. The summed E-state index contributed by atoms with van der Waals surface area (Å²) in [6, 6.07) is 31.3. The van der Waals surface area contributed by atoms with E-state index >= 15 is 0 Å². The van der Waals surface area contributed by atoms with Gasteiger partial charge in [0.25, 0.3) is 0 Å². The number of amides is 2. The lowest BCUT2D eigenvalue weighted by Gasteiger charge is -2.23. The molecule has 2 saturated heterocycles. The van der Waals surface area contributed by atoms with E-state index in [0.717, 1.165) is 72.6 Å². The molecule has 0 unspecified atom stereocenters. The van der Waals surface area contributed by atoms with Gasteiger partial charge in [-0.3, -0.25) is 29.3 Å². The Labute approximate surface area is 316 Å². The van der Waals surface area contributed by atoms with Gasteiger partial charge in [0.1, 0.15) is 6.04 Å². The highest BCUT2D eigenvalue weighted by atomic mass is 16.5. The number of methoxy groups -OCH3 is 1. The summed E-state index contributed by atoms with van der Waals surface area (Å²) in [5, 5.41) is 2.27. The Hall–Kier alpha value is -6.62. The number of anilines is 2. The van der Waals surface area contributed by atoms with Crippen molar-refractivity contribution < 1.29 is 23.9 Å². The number of esters is 1. The Morgan fingerprint density at radius 1 is 0.655 bits per heavy atom. The number of nitrogens with zero attached hydrogens (tertiary/aromatic N) is 4. The van der Waals surface area contributed by atoms with Crippen molar-refractivity contribution in [3.63, 3.8) is 0 Å². The maximum Gasteiger partial charge on any atom is 0.328 e. The second kappa shape index (κ2) is 13.7. The number of aromatic amines is 2. The van der Waals surface area contributed by atoms with Crippen molar-refractivity contribution in [3.05, 3.63) is 131 Å². The number of H-pyrrole nitrogens is 2. The molecule has 6 aromatic rings. The van der Waals surface area contributed by atoms with Gasteiger partial charge in [-0.15, -0.1) is 0 Å². The summed E-state index contributed by atoms with van der Waals surface area (Å²) in [6.07, 6.45) is 1.84. The minimum absolute atomic E-state index is 0.0113. The average molecular weight is 731 g/mol. The number of para-hydroxylation sites is 2. The van der Waals surface area contributed by atoms with Crippen LogP contribution in [0.2, 0.25) is 0 Å². The Balaban J connectivity index is 0.000000144. The number of benzene rings is 4. The van der Waals surface area contributed by atoms with E-state index in [1.807, 2.05) is 72.8 Å². The fourth-order valence-electron chi connectivity index (χ4n) is 8.27. The van der Waals surface area contributed by atoms with Crippen molar-refractivity contribution in [3.8, 4) is 0 Å². The van der Waals surface area contributed by atoms with Crippen molar-refractivity contribution in [1.82, 2.24) is 9.97 Å². The predicted molar refractivity (Wildman–Crippen MR) is 212 cm³/mol. The van der Waals surface area contributed by atoms with Crippen molar-refractivity contribution in [2.75, 3.05) is 16.9 Å². The number of hydrogen-bond donors (Lipinski definition) is 2. The van der Waals surface area contributed by atoms with Crippen LogP contribution in [0.1, 0.15) is 66.2 Å². The van der Waals surface area contributed by atoms with E-state index < -0.39 is 6.04 Å². The SMILES string of the molecule is CC(=O)[C@@H]1CCC(=O)N1c1ccc2c(c1)C(c1cc3ccccc3[nH]1)=NC2.COC(=O)[C@@H]1CCC(=O)N1c1ccc2c(c1)C(c1cc3ccccc3[nH]1)=NC2. The highest BCUT2D eigenvalue weighted by Crippen LogP contribution is 2.35. The molecular weight excluding hydrogens is 693 g/mol. The van der Waals surface area contributed by atoms with E-state index in [-0.39, 0.29) is 29.6 Å². The smallest absolute Gasteiger partial charge is 0.328 e. The summed E-state index contributed by atoms with van der Waals surface area (Å²) < 4.78 is 4.89. The number of nitrogens with one attached hydrogen (secondary N) is 2. The number of Topliss-reactive ketones (excluding diaryl/α,β-unsaturated/α-hetero) is 1. The minimum atomic E-state index is -0.564. The number of hydrogen-bond acceptors (Lipinski definition) is 7. The van der Waals surface area contributed by atoms with Crippen molar-refractivity contribution in [2.24, 2.45) is 9.98 Å². The van der Waals surface area contributed by atoms with E-state index in [4.69, 9.17) is 14.7 Å². The first-order valence-electron chi connectivity index (χ1n) is 18.5. The van der Waals surface area contributed by atoms with Gasteiger partial charge in [-0.05, 0) is 79.4 Å². The number of ketones is 1. The Morgan fingerprint density at radius 2 is 1.13 bits per heavy atom. The summed E-state index contributed by atoms with van der Waals surface area (Å²) >= 11 is 0. The molecule has 2 amide bonds. The van der Waals surface area contributed by atoms with Crippen LogP contribution in [0.5, 0.6) is 0 Å². The summed E-state index contributed by atoms with van der Waals surface area (Å²) in [4.78, 5) is 68.5. The molecule has 11 nitrogen and oxygen atoms in total. The molecule has 55 heavy (non-hydrogen) atoms. The third kappa shape index (κ3) is 6.01. The molecule has 2 N–H and O–H groups in total. The lowest BCUT2D eigenvalue weighted by atomic mass is 10.0. The van der Waals surface area contributed by atoms with E-state index in [0.29, 0.717) is 44.5 Å². The largest absolute Gasteiger partial charge is 0.467 e. The summed E-state index contributed by atoms with van der Waals surface area (Å²) in [5.74, 6) is -0.392. The van der Waals surface area contributed by atoms with Gasteiger partial charge < -0.3 is 19.6 Å². The van der Waals surface area contributed by atoms with Crippen LogP contribution >= 0.6 is 0 Å². The number of rotatable bonds is 6. The van der Waals surface area contributed by atoms with Gasteiger partial charge in [-0.25, -0.2) is 4.79 Å². The Morgan fingerprint density at radius 3 is 1.60 bits per heavy atom. The highest BCUT2D eigenvalue weighted by Gasteiger charge is 2.39. The van der Waals surface area contributed by atoms with Gasteiger partial charge in [0.15, 0.2) is 5.78 Å². The molecule has 4 aliphatic heterocycles. The van der Waals surface area contributed by atoms with Gasteiger partial charge in [-0.1, -0.05) is 48.5 Å². The van der Waals surface area contributed by atoms with Gasteiger partial charge in [0.05, 0.1) is 49.1 Å². The molecule has 0 spiro atoms. The van der Waals surface area contributed by atoms with Crippen molar-refractivity contribution in [2.45, 2.75) is 57.8 Å². The third-order valence-corrected chi connectivity index (χ3v) is 11.0. The number of fused-ring (bicyclic) bond motifs is 4. The van der Waals surface area contributed by atoms with Gasteiger partial charge >= 0.3 is 5.97 Å². The van der Waals surface area contributed by atoms with E-state index in [9.17, 15) is 19.2 Å². The normalized spacial score (nSPS) is 18.7. The van der Waals surface area contributed by atoms with Crippen molar-refractivity contribution in [1.29, 1.82) is 0 Å². The lowest BCUT2D eigenvalue weighted by Crippen LogP contribution is -2.39. The molecule has 0 saturated carbocycles. The molecular formula is C44H38N6O5. The molecule has 2 atom stereocenters. The summed E-state index contributed by atoms with van der Waals surface area (Å²) in [7, 11) is 1.35. The van der Waals surface area contributed by atoms with E-state index in [1.165, 1.54) is 7.11 Å². The van der Waals surface area contributed by atoms with Crippen LogP contribution in [-0.2, 0) is 37.0 Å². The zero-order valence-electron chi connectivity index (χ0n) is 30.5. The van der Waals surface area contributed by atoms with E-state index in [2.05, 4.69) is 34.2 Å². The zero-order chi connectivity index (χ0) is 37.8. The Bertz CT molecular complexity index is 2570. The van der Waals surface area contributed by atoms with Gasteiger partial charge in [-0.2, -0.15) is 0 Å². The molecule has 2 fully saturated rings. The summed E-state index contributed by atoms with van der Waals surface area (Å²) in [5.41, 5.74) is 11.6. The third-order valence-electron chi connectivity index (χ3n) is 11.0. The number of aromatic nitrogens is 2. The number of aliphatic imine (C=N–C) groups is 2. The summed E-state index contributed by atoms with van der Waals surface area (Å²) in [6.45, 7) is 2.79. The first-order valence-corrected chi connectivity index (χ1v) is 18.5. The average Bonchev–Trinajstić information content (AvgIpc) is 4.05. The standard InChI is InChI=1S/C22H19N3O3.C22H19N3O2/c1-28-22(27)19-8-9-20(26)25(19)15-7-6-14-12-23-21(16(14)11-15)18-10-13-4-2-3-5-17(13)24-18;1-13(26)20-8-9-21(27)25(20)16-7-6-15-12-23-22(17(15)11-16)19-10-14-4-2-3-5-18(14)24-19/h2-7,10-11,19,24H,8-9,12H2,1H3;2-7,10-11,20,24H,8-9,12H2,1H3/t19-;20-/m00/s1. The fourth-order valence-corrected chi connectivity index (χ4v) is 8.27. The van der Waals surface area contributed by atoms with Crippen LogP contribution in [-0.4, -0.2) is 64.2 Å². The van der Waals surface area contributed by atoms with Crippen LogP contribution in [0.3, 0.4) is 0 Å². The van der Waals surface area contributed by atoms with Gasteiger partial charge in [0, 0.05) is 57.1 Å². The monoisotopic (exact) mass is 730 g/mol. The first-order chi connectivity index (χ1) is 26.8. The quantitative estimate of drug-likeness (QED) is 0.182. The molecule has 0 aliphatic carbocycles. The van der Waals surface area contributed by atoms with E-state index in [1.54, 1.807) is 16.7 Å². The van der Waals surface area contributed by atoms with Crippen LogP contribution in [0.4, 0.5) is 11.4 Å². The number of carbonyl (C=O) groups is 4. The van der Waals surface area contributed by atoms with Crippen LogP contribution in [0.25, 0.3) is 21.8 Å². The molecule has 10 rings (SSSR count). The molecule has 6 heterocycles. The molecule has 2 aromatic heterocycles. The Kier molecular flexibility index (Phi) is 8.49. The maximum absolute atomic E-state index is 12.5. The molecule has 274 valence electrons. The number of ether oxygens (including phenoxy) is 1. The molecule has 0 radical (unpaired) electrons. The second-order valence-corrected chi connectivity index (χ2v) is 14.3. The molecule has 4 aliphatic rings. The second-order valence-electron chi connectivity index (χ2n) is 14.3. The highest BCUT2D eigenvalue weighted by molar-refractivity contribution is 6.18. The van der Waals surface area contributed by atoms with Crippen LogP contribution < -0.4 is 9.80 Å². The molecule has 0 bridgehead atoms. The fraction of sp³-hybridized carbons (Fsp3) is 0.227. The van der Waals surface area contributed by atoms with Gasteiger partial charge in [0.2, 0.25) is 11.8 Å². The first kappa shape index (κ1) is 34.2. The molecule has 4 aromatic carbocycles. The maximum atomic E-state index is 12.5.